The summed E-state index contributed by atoms with van der Waals surface area (Å²) in [5.74, 6) is 0.150. The molecule has 2 rings (SSSR count). The Morgan fingerprint density at radius 1 is 1.26 bits per heavy atom. The van der Waals surface area contributed by atoms with Crippen molar-refractivity contribution in [3.63, 3.8) is 0 Å². The fourth-order valence-electron chi connectivity index (χ4n) is 3.06. The van der Waals surface area contributed by atoms with E-state index in [2.05, 4.69) is 5.32 Å². The Morgan fingerprint density at radius 2 is 1.96 bits per heavy atom. The van der Waals surface area contributed by atoms with E-state index in [9.17, 15) is 13.2 Å². The van der Waals surface area contributed by atoms with E-state index in [1.165, 1.54) is 17.0 Å². The van der Waals surface area contributed by atoms with Gasteiger partial charge in [0.1, 0.15) is 0 Å². The van der Waals surface area contributed by atoms with Crippen LogP contribution < -0.4 is 9.62 Å². The fraction of sp³-hybridized carbons (Fsp3) is 0.588. The lowest BCUT2D eigenvalue weighted by Gasteiger charge is -2.24. The molecule has 1 amide bonds. The second-order valence-electron chi connectivity index (χ2n) is 6.30. The van der Waals surface area contributed by atoms with Crippen LogP contribution >= 0.6 is 0 Å². The van der Waals surface area contributed by atoms with Gasteiger partial charge in [0.25, 0.3) is 0 Å². The number of nitrogens with one attached hydrogen (secondary N) is 1. The number of nitrogens with zero attached hydrogens (tertiary/aromatic N) is 1. The van der Waals surface area contributed by atoms with Crippen LogP contribution in [0.1, 0.15) is 37.7 Å². The van der Waals surface area contributed by atoms with E-state index in [-0.39, 0.29) is 18.4 Å². The Labute approximate surface area is 139 Å². The van der Waals surface area contributed by atoms with Gasteiger partial charge in [0.2, 0.25) is 15.9 Å². The Hall–Kier alpha value is -1.56. The van der Waals surface area contributed by atoms with Crippen molar-refractivity contribution in [3.8, 4) is 0 Å². The molecule has 0 aromatic heterocycles. The van der Waals surface area contributed by atoms with Crippen LogP contribution in [0.2, 0.25) is 0 Å². The summed E-state index contributed by atoms with van der Waals surface area (Å²) in [4.78, 5) is 12.1. The van der Waals surface area contributed by atoms with Gasteiger partial charge in [0.15, 0.2) is 0 Å². The maximum Gasteiger partial charge on any atom is 0.232 e. The third kappa shape index (κ3) is 5.23. The summed E-state index contributed by atoms with van der Waals surface area (Å²) < 4.78 is 25.4. The van der Waals surface area contributed by atoms with E-state index < -0.39 is 10.0 Å². The number of sulfonamides is 1. The molecule has 0 radical (unpaired) electrons. The molecule has 1 aromatic rings. The number of amides is 1. The summed E-state index contributed by atoms with van der Waals surface area (Å²) in [6.07, 6.45) is 6.50. The molecule has 1 aliphatic rings. The lowest BCUT2D eigenvalue weighted by molar-refractivity contribution is -0.125. The van der Waals surface area contributed by atoms with Crippen LogP contribution in [0, 0.1) is 12.8 Å². The maximum absolute atomic E-state index is 12.1. The van der Waals surface area contributed by atoms with Gasteiger partial charge in [0.05, 0.1) is 18.5 Å². The van der Waals surface area contributed by atoms with Crippen molar-refractivity contribution in [2.75, 3.05) is 23.7 Å². The number of anilines is 1. The summed E-state index contributed by atoms with van der Waals surface area (Å²) in [5.41, 5.74) is 1.64. The van der Waals surface area contributed by atoms with E-state index in [0.717, 1.165) is 31.2 Å². The average Bonchev–Trinajstić information content (AvgIpc) is 2.51. The molecule has 0 heterocycles. The molecule has 0 bridgehead atoms. The van der Waals surface area contributed by atoms with Gasteiger partial charge in [-0.25, -0.2) is 8.42 Å². The van der Waals surface area contributed by atoms with Gasteiger partial charge < -0.3 is 5.32 Å². The third-order valence-electron chi connectivity index (χ3n) is 4.28. The molecule has 1 saturated carbocycles. The minimum Gasteiger partial charge on any atom is -0.354 e. The highest BCUT2D eigenvalue weighted by Gasteiger charge is 2.22. The van der Waals surface area contributed by atoms with Gasteiger partial charge in [-0.2, -0.15) is 0 Å². The summed E-state index contributed by atoms with van der Waals surface area (Å²) in [7, 11) is -3.38. The molecular formula is C17H26N2O3S. The summed E-state index contributed by atoms with van der Waals surface area (Å²) in [5, 5.41) is 2.89. The molecule has 1 aliphatic carbocycles. The molecule has 1 N–H and O–H groups in total. The first kappa shape index (κ1) is 17.8. The SMILES string of the molecule is Cc1cccc(N(CCNC(=O)C2CCCCC2)S(C)(=O)=O)c1. The number of hydrogen-bond acceptors (Lipinski definition) is 3. The zero-order valence-corrected chi connectivity index (χ0v) is 14.7. The van der Waals surface area contributed by atoms with Crippen LogP contribution in [0.5, 0.6) is 0 Å². The third-order valence-corrected chi connectivity index (χ3v) is 5.47. The van der Waals surface area contributed by atoms with Gasteiger partial charge in [-0.1, -0.05) is 31.4 Å². The first-order valence-corrected chi connectivity index (χ1v) is 10.0. The van der Waals surface area contributed by atoms with Crippen LogP contribution in [0.15, 0.2) is 24.3 Å². The van der Waals surface area contributed by atoms with Gasteiger partial charge in [-0.3, -0.25) is 9.10 Å². The number of carbonyl (C=O) groups is 1. The van der Waals surface area contributed by atoms with Crippen LogP contribution in [0.3, 0.4) is 0 Å². The summed E-state index contributed by atoms with van der Waals surface area (Å²) in [6.45, 7) is 2.51. The molecule has 23 heavy (non-hydrogen) atoms. The van der Waals surface area contributed by atoms with Gasteiger partial charge >= 0.3 is 0 Å². The quantitative estimate of drug-likeness (QED) is 0.866. The zero-order chi connectivity index (χ0) is 16.9. The van der Waals surface area contributed by atoms with E-state index in [0.29, 0.717) is 12.2 Å². The first-order chi connectivity index (χ1) is 10.9. The molecule has 0 saturated heterocycles. The minimum absolute atomic E-state index is 0.0578. The van der Waals surface area contributed by atoms with Crippen molar-refractivity contribution in [2.24, 2.45) is 5.92 Å². The molecule has 1 aromatic carbocycles. The van der Waals surface area contributed by atoms with Crippen molar-refractivity contribution in [1.29, 1.82) is 0 Å². The number of benzene rings is 1. The first-order valence-electron chi connectivity index (χ1n) is 8.20. The Morgan fingerprint density at radius 3 is 2.57 bits per heavy atom. The fourth-order valence-corrected chi connectivity index (χ4v) is 3.98. The topological polar surface area (TPSA) is 66.5 Å². The van der Waals surface area contributed by atoms with Gasteiger partial charge in [0, 0.05) is 12.5 Å². The Kier molecular flexibility index (Phi) is 6.04. The van der Waals surface area contributed by atoms with Gasteiger partial charge in [-0.05, 0) is 37.5 Å². The lowest BCUT2D eigenvalue weighted by atomic mass is 9.89. The second kappa shape index (κ2) is 7.81. The predicted molar refractivity (Wildman–Crippen MR) is 93.0 cm³/mol. The monoisotopic (exact) mass is 338 g/mol. The number of aryl methyl sites for hydroxylation is 1. The lowest BCUT2D eigenvalue weighted by Crippen LogP contribution is -2.40. The minimum atomic E-state index is -3.38. The van der Waals surface area contributed by atoms with Crippen LogP contribution in [-0.4, -0.2) is 33.7 Å². The molecule has 0 aliphatic heterocycles. The van der Waals surface area contributed by atoms with E-state index in [1.54, 1.807) is 6.07 Å². The highest BCUT2D eigenvalue weighted by molar-refractivity contribution is 7.92. The molecule has 0 spiro atoms. The maximum atomic E-state index is 12.1. The molecule has 5 nitrogen and oxygen atoms in total. The highest BCUT2D eigenvalue weighted by atomic mass is 32.2. The van der Waals surface area contributed by atoms with Crippen molar-refractivity contribution >= 4 is 21.6 Å². The predicted octanol–water partition coefficient (Wildman–Crippen LogP) is 2.46. The molecule has 6 heteroatoms. The smallest absolute Gasteiger partial charge is 0.232 e. The van der Waals surface area contributed by atoms with Crippen LogP contribution in [0.4, 0.5) is 5.69 Å². The summed E-state index contributed by atoms with van der Waals surface area (Å²) in [6, 6.07) is 7.37. The number of carbonyl (C=O) groups excluding carboxylic acids is 1. The Bertz CT molecular complexity index is 637. The van der Waals surface area contributed by atoms with Gasteiger partial charge in [-0.15, -0.1) is 0 Å². The standard InChI is InChI=1S/C17H26N2O3S/c1-14-7-6-10-16(13-14)19(23(2,21)22)12-11-18-17(20)15-8-4-3-5-9-15/h6-7,10,13,15H,3-5,8-9,11-12H2,1-2H3,(H,18,20). The number of hydrogen-bond donors (Lipinski definition) is 1. The van der Waals surface area contributed by atoms with Crippen molar-refractivity contribution in [1.82, 2.24) is 5.32 Å². The molecule has 0 unspecified atom stereocenters. The molecule has 1 fully saturated rings. The normalized spacial score (nSPS) is 16.1. The molecule has 0 atom stereocenters. The van der Waals surface area contributed by atoms with Crippen molar-refractivity contribution in [2.45, 2.75) is 39.0 Å². The van der Waals surface area contributed by atoms with E-state index >= 15 is 0 Å². The van der Waals surface area contributed by atoms with Crippen LogP contribution in [0.25, 0.3) is 0 Å². The average molecular weight is 338 g/mol. The van der Waals surface area contributed by atoms with E-state index in [4.69, 9.17) is 0 Å². The second-order valence-corrected chi connectivity index (χ2v) is 8.21. The molecular weight excluding hydrogens is 312 g/mol. The molecule has 128 valence electrons. The Balaban J connectivity index is 1.95. The number of rotatable bonds is 6. The van der Waals surface area contributed by atoms with Crippen LogP contribution in [-0.2, 0) is 14.8 Å². The summed E-state index contributed by atoms with van der Waals surface area (Å²) >= 11 is 0. The highest BCUT2D eigenvalue weighted by Crippen LogP contribution is 2.23. The van der Waals surface area contributed by atoms with Crippen molar-refractivity contribution in [3.05, 3.63) is 29.8 Å². The zero-order valence-electron chi connectivity index (χ0n) is 13.9. The van der Waals surface area contributed by atoms with Crippen molar-refractivity contribution < 1.29 is 13.2 Å². The largest absolute Gasteiger partial charge is 0.354 e. The van der Waals surface area contributed by atoms with E-state index in [1.807, 2.05) is 25.1 Å².